The van der Waals surface area contributed by atoms with Crippen LogP contribution in [0.3, 0.4) is 0 Å². The maximum atomic E-state index is 4.27. The lowest BCUT2D eigenvalue weighted by Gasteiger charge is -2.05. The Morgan fingerprint density at radius 1 is 0.952 bits per heavy atom. The fourth-order valence-corrected chi connectivity index (χ4v) is 2.68. The van der Waals surface area contributed by atoms with E-state index in [1.54, 1.807) is 0 Å². The van der Waals surface area contributed by atoms with Crippen molar-refractivity contribution >= 4 is 0 Å². The standard InChI is InChI=1S/C18H35N3/c1-4-5-6-7-8-9-10-11-12-13-14-19-15-18-16-20-21(3)17(18)2/h16,19H,4-15H2,1-3H3. The Morgan fingerprint density at radius 3 is 2.05 bits per heavy atom. The third-order valence-electron chi connectivity index (χ3n) is 4.36. The molecule has 1 aromatic rings. The second-order valence-electron chi connectivity index (χ2n) is 6.24. The van der Waals surface area contributed by atoms with Gasteiger partial charge in [0.1, 0.15) is 0 Å². The molecule has 0 amide bonds. The molecule has 0 saturated carbocycles. The fourth-order valence-electron chi connectivity index (χ4n) is 2.68. The highest BCUT2D eigenvalue weighted by molar-refractivity contribution is 5.15. The first-order chi connectivity index (χ1) is 10.3. The zero-order chi connectivity index (χ0) is 15.3. The molecule has 0 spiro atoms. The maximum Gasteiger partial charge on any atom is 0.0537 e. The number of hydrogen-bond donors (Lipinski definition) is 1. The molecule has 3 heteroatoms. The summed E-state index contributed by atoms with van der Waals surface area (Å²) >= 11 is 0. The van der Waals surface area contributed by atoms with Crippen LogP contribution in [0.15, 0.2) is 6.20 Å². The number of hydrogen-bond acceptors (Lipinski definition) is 2. The predicted octanol–water partition coefficient (Wildman–Crippen LogP) is 4.74. The van der Waals surface area contributed by atoms with Crippen molar-refractivity contribution in [2.45, 2.75) is 84.6 Å². The van der Waals surface area contributed by atoms with Crippen LogP contribution in [0, 0.1) is 6.92 Å². The molecule has 1 rings (SSSR count). The average Bonchev–Trinajstić information content (AvgIpc) is 2.80. The molecule has 0 unspecified atom stereocenters. The molecule has 3 nitrogen and oxygen atoms in total. The molecule has 0 aromatic carbocycles. The number of nitrogens with one attached hydrogen (secondary N) is 1. The highest BCUT2D eigenvalue weighted by Crippen LogP contribution is 2.10. The van der Waals surface area contributed by atoms with E-state index in [4.69, 9.17) is 0 Å². The van der Waals surface area contributed by atoms with Gasteiger partial charge in [0, 0.05) is 24.8 Å². The van der Waals surface area contributed by atoms with E-state index < -0.39 is 0 Å². The van der Waals surface area contributed by atoms with Crippen molar-refractivity contribution in [2.75, 3.05) is 6.54 Å². The first kappa shape index (κ1) is 18.2. The van der Waals surface area contributed by atoms with Crippen molar-refractivity contribution < 1.29 is 0 Å². The molecule has 1 N–H and O–H groups in total. The Morgan fingerprint density at radius 2 is 1.52 bits per heavy atom. The summed E-state index contributed by atoms with van der Waals surface area (Å²) in [5.41, 5.74) is 2.59. The SMILES string of the molecule is CCCCCCCCCCCCNCc1cnn(C)c1C. The van der Waals surface area contributed by atoms with Gasteiger partial charge in [-0.1, -0.05) is 64.7 Å². The quantitative estimate of drug-likeness (QED) is 0.532. The van der Waals surface area contributed by atoms with Gasteiger partial charge in [-0.2, -0.15) is 5.10 Å². The highest BCUT2D eigenvalue weighted by atomic mass is 15.3. The number of nitrogens with zero attached hydrogens (tertiary/aromatic N) is 2. The van der Waals surface area contributed by atoms with Crippen LogP contribution < -0.4 is 5.32 Å². The summed E-state index contributed by atoms with van der Waals surface area (Å²) in [6, 6.07) is 0. The van der Waals surface area contributed by atoms with Crippen LogP contribution in [0.25, 0.3) is 0 Å². The monoisotopic (exact) mass is 293 g/mol. The molecule has 0 fully saturated rings. The zero-order valence-electron chi connectivity index (χ0n) is 14.5. The summed E-state index contributed by atoms with van der Waals surface area (Å²) < 4.78 is 1.94. The summed E-state index contributed by atoms with van der Waals surface area (Å²) in [6.45, 7) is 6.50. The maximum absolute atomic E-state index is 4.27. The Hall–Kier alpha value is -0.830. The molecule has 0 aliphatic carbocycles. The third-order valence-corrected chi connectivity index (χ3v) is 4.36. The van der Waals surface area contributed by atoms with Gasteiger partial charge >= 0.3 is 0 Å². The third kappa shape index (κ3) is 8.25. The van der Waals surface area contributed by atoms with Crippen molar-refractivity contribution in [1.29, 1.82) is 0 Å². The van der Waals surface area contributed by atoms with Crippen molar-refractivity contribution in [1.82, 2.24) is 15.1 Å². The Labute approximate surface area is 131 Å². The van der Waals surface area contributed by atoms with E-state index in [0.717, 1.165) is 13.1 Å². The lowest BCUT2D eigenvalue weighted by molar-refractivity contribution is 0.543. The van der Waals surface area contributed by atoms with Gasteiger partial charge in [-0.3, -0.25) is 4.68 Å². The Kier molecular flexibility index (Phi) is 10.2. The summed E-state index contributed by atoms with van der Waals surface area (Å²) in [7, 11) is 2.00. The van der Waals surface area contributed by atoms with Crippen LogP contribution in [0.5, 0.6) is 0 Å². The van der Waals surface area contributed by atoms with E-state index in [1.807, 2.05) is 17.9 Å². The second-order valence-corrected chi connectivity index (χ2v) is 6.24. The van der Waals surface area contributed by atoms with E-state index in [2.05, 4.69) is 24.3 Å². The average molecular weight is 293 g/mol. The van der Waals surface area contributed by atoms with Gasteiger partial charge in [-0.15, -0.1) is 0 Å². The summed E-state index contributed by atoms with van der Waals surface area (Å²) in [5.74, 6) is 0. The van der Waals surface area contributed by atoms with Crippen LogP contribution in [0.2, 0.25) is 0 Å². The molecule has 21 heavy (non-hydrogen) atoms. The van der Waals surface area contributed by atoms with Crippen molar-refractivity contribution in [3.05, 3.63) is 17.5 Å². The van der Waals surface area contributed by atoms with Crippen LogP contribution in [0.4, 0.5) is 0 Å². The topological polar surface area (TPSA) is 29.9 Å². The van der Waals surface area contributed by atoms with Gasteiger partial charge in [-0.05, 0) is 19.9 Å². The molecular weight excluding hydrogens is 258 g/mol. The van der Waals surface area contributed by atoms with Gasteiger partial charge in [0.25, 0.3) is 0 Å². The number of rotatable bonds is 13. The van der Waals surface area contributed by atoms with E-state index in [9.17, 15) is 0 Å². The van der Waals surface area contributed by atoms with E-state index in [-0.39, 0.29) is 0 Å². The second kappa shape index (κ2) is 11.8. The Bertz CT molecular complexity index is 357. The molecule has 122 valence electrons. The number of aryl methyl sites for hydroxylation is 1. The molecule has 0 atom stereocenters. The van der Waals surface area contributed by atoms with Crippen molar-refractivity contribution in [3.8, 4) is 0 Å². The first-order valence-electron chi connectivity index (χ1n) is 8.94. The minimum Gasteiger partial charge on any atom is -0.313 e. The van der Waals surface area contributed by atoms with Gasteiger partial charge in [0.2, 0.25) is 0 Å². The minimum absolute atomic E-state index is 0.955. The first-order valence-corrected chi connectivity index (χ1v) is 8.94. The largest absolute Gasteiger partial charge is 0.313 e. The summed E-state index contributed by atoms with van der Waals surface area (Å²) in [6.07, 6.45) is 16.0. The molecular formula is C18H35N3. The molecule has 0 radical (unpaired) electrons. The lowest BCUT2D eigenvalue weighted by atomic mass is 10.1. The highest BCUT2D eigenvalue weighted by Gasteiger charge is 2.02. The molecule has 1 heterocycles. The molecule has 0 saturated heterocycles. The van der Waals surface area contributed by atoms with E-state index in [1.165, 1.54) is 75.5 Å². The number of aromatic nitrogens is 2. The predicted molar refractivity (Wildman–Crippen MR) is 91.5 cm³/mol. The van der Waals surface area contributed by atoms with Gasteiger partial charge in [0.05, 0.1) is 6.20 Å². The molecule has 0 aliphatic heterocycles. The Balaban J connectivity index is 1.84. The molecule has 0 bridgehead atoms. The lowest BCUT2D eigenvalue weighted by Crippen LogP contribution is -2.15. The van der Waals surface area contributed by atoms with E-state index in [0.29, 0.717) is 0 Å². The van der Waals surface area contributed by atoms with Crippen LogP contribution in [-0.2, 0) is 13.6 Å². The van der Waals surface area contributed by atoms with Gasteiger partial charge in [0.15, 0.2) is 0 Å². The minimum atomic E-state index is 0.955. The van der Waals surface area contributed by atoms with E-state index >= 15 is 0 Å². The van der Waals surface area contributed by atoms with Crippen LogP contribution >= 0.6 is 0 Å². The van der Waals surface area contributed by atoms with Crippen molar-refractivity contribution in [2.24, 2.45) is 7.05 Å². The number of unbranched alkanes of at least 4 members (excludes halogenated alkanes) is 9. The van der Waals surface area contributed by atoms with Crippen LogP contribution in [0.1, 0.15) is 82.4 Å². The molecule has 0 aliphatic rings. The molecule has 1 aromatic heterocycles. The van der Waals surface area contributed by atoms with Crippen molar-refractivity contribution in [3.63, 3.8) is 0 Å². The summed E-state index contributed by atoms with van der Waals surface area (Å²) in [5, 5.41) is 7.80. The summed E-state index contributed by atoms with van der Waals surface area (Å²) in [4.78, 5) is 0. The normalized spacial score (nSPS) is 11.2. The smallest absolute Gasteiger partial charge is 0.0537 e. The fraction of sp³-hybridized carbons (Fsp3) is 0.833. The van der Waals surface area contributed by atoms with Gasteiger partial charge in [-0.25, -0.2) is 0 Å². The van der Waals surface area contributed by atoms with Crippen LogP contribution in [-0.4, -0.2) is 16.3 Å². The zero-order valence-corrected chi connectivity index (χ0v) is 14.5. The van der Waals surface area contributed by atoms with Gasteiger partial charge < -0.3 is 5.32 Å².